The van der Waals surface area contributed by atoms with Crippen molar-refractivity contribution in [2.45, 2.75) is 415 Å². The molecule has 0 bridgehead atoms. The number of aryl methyl sites for hydroxylation is 4. The van der Waals surface area contributed by atoms with Crippen LogP contribution in [-0.2, 0) is 42.2 Å². The van der Waals surface area contributed by atoms with Crippen molar-refractivity contribution in [2.75, 3.05) is 0 Å². The Bertz CT molecular complexity index is 1840. The van der Waals surface area contributed by atoms with Gasteiger partial charge in [-0.2, -0.15) is 0 Å². The van der Waals surface area contributed by atoms with Crippen molar-refractivity contribution >= 4 is 11.4 Å². The molecule has 3 heteroatoms. The van der Waals surface area contributed by atoms with Crippen LogP contribution >= 0.6 is 0 Å². The SMILES string of the molecule is CCCCC1=C(c2cc(CCCC)cc(CCCC)c2)[N+](=[N-])C(c2cc(CCCC)cc(CCCC)c2)=C1CCCC.[C-]#CCCCCCCCCCCCCCCCCCCCC.[C-]#CCCCCCCCCCCCCCCCCCCCC.[Ni+2]. The molecule has 1 heterocycles. The van der Waals surface area contributed by atoms with E-state index in [1.807, 2.05) is 0 Å². The first-order chi connectivity index (χ1) is 42.3. The Kier molecular flexibility index (Phi) is 61.2. The van der Waals surface area contributed by atoms with Gasteiger partial charge in [0.15, 0.2) is 0 Å². The van der Waals surface area contributed by atoms with Gasteiger partial charge in [0.25, 0.3) is 0 Å². The number of nitrogens with zero attached hydrogens (tertiary/aromatic N) is 2. The maximum atomic E-state index is 12.3. The van der Waals surface area contributed by atoms with E-state index in [1.54, 1.807) is 4.70 Å². The molecule has 0 atom stereocenters. The number of allylic oxidation sites excluding steroid dienone is 2. The zero-order chi connectivity index (χ0) is 62.6. The van der Waals surface area contributed by atoms with E-state index in [2.05, 4.69) is 104 Å². The molecule has 0 aliphatic carbocycles. The zero-order valence-corrected chi connectivity index (χ0v) is 60.3. The minimum absolute atomic E-state index is 0. The Hall–Kier alpha value is -2.87. The molecule has 87 heavy (non-hydrogen) atoms. The molecule has 3 rings (SSSR count). The predicted octanol–water partition coefficient (Wildman–Crippen LogP) is 28.6. The van der Waals surface area contributed by atoms with E-state index in [0.717, 1.165) is 88.4 Å². The molecule has 498 valence electrons. The molecule has 0 aromatic heterocycles. The van der Waals surface area contributed by atoms with Gasteiger partial charge < -0.3 is 30.2 Å². The van der Waals surface area contributed by atoms with Gasteiger partial charge in [0.1, 0.15) is 0 Å². The quantitative estimate of drug-likeness (QED) is 0.0207. The summed E-state index contributed by atoms with van der Waals surface area (Å²) in [6.07, 6.45) is 87.2. The van der Waals surface area contributed by atoms with Crippen LogP contribution in [0.2, 0.25) is 0 Å². The van der Waals surface area contributed by atoms with Gasteiger partial charge in [0.2, 0.25) is 11.4 Å². The Labute approximate surface area is 555 Å². The molecule has 0 unspecified atom stereocenters. The number of benzene rings is 2. The maximum Gasteiger partial charge on any atom is 2.00 e. The summed E-state index contributed by atoms with van der Waals surface area (Å²) in [6.45, 7) is 18.3. The van der Waals surface area contributed by atoms with E-state index < -0.39 is 0 Å². The van der Waals surface area contributed by atoms with Crippen molar-refractivity contribution in [3.63, 3.8) is 0 Å². The monoisotopic (exact) mass is 1240 g/mol. The normalized spacial score (nSPS) is 12.0. The van der Waals surface area contributed by atoms with Gasteiger partial charge in [-0.25, -0.2) is 4.70 Å². The summed E-state index contributed by atoms with van der Waals surface area (Å²) in [6, 6.07) is 14.4. The predicted molar refractivity (Wildman–Crippen MR) is 385 cm³/mol. The van der Waals surface area contributed by atoms with Crippen LogP contribution in [0.25, 0.3) is 16.9 Å². The van der Waals surface area contributed by atoms with Crippen molar-refractivity contribution in [3.8, 4) is 11.8 Å². The average Bonchev–Trinajstić information content (AvgIpc) is 1.68. The van der Waals surface area contributed by atoms with Crippen molar-refractivity contribution in [2.24, 2.45) is 0 Å². The summed E-state index contributed by atoms with van der Waals surface area (Å²) >= 11 is 0. The van der Waals surface area contributed by atoms with Gasteiger partial charge in [0, 0.05) is 22.3 Å². The Balaban J connectivity index is 0.00000140. The van der Waals surface area contributed by atoms with E-state index in [1.165, 1.54) is 327 Å². The molecular weight excluding hydrogens is 1100 g/mol. The van der Waals surface area contributed by atoms with E-state index in [-0.39, 0.29) is 16.5 Å². The second kappa shape index (κ2) is 63.3. The number of unbranched alkanes of at least 4 members (excludes halogenated alkanes) is 42. The van der Waals surface area contributed by atoms with Crippen LogP contribution in [0, 0.1) is 24.7 Å². The minimum Gasteiger partial charge on any atom is -0.694 e. The van der Waals surface area contributed by atoms with Gasteiger partial charge in [-0.3, -0.25) is 0 Å². The average molecular weight is 1240 g/mol. The van der Waals surface area contributed by atoms with Crippen LogP contribution in [0.4, 0.5) is 0 Å². The van der Waals surface area contributed by atoms with Crippen molar-refractivity contribution in [1.82, 2.24) is 0 Å². The summed E-state index contributed by atoms with van der Waals surface area (Å²) in [4.78, 5) is 0. The molecule has 0 fully saturated rings. The Morgan fingerprint density at radius 3 is 0.644 bits per heavy atom. The zero-order valence-electron chi connectivity index (χ0n) is 59.3. The van der Waals surface area contributed by atoms with E-state index in [9.17, 15) is 5.53 Å². The standard InChI is InChI=1S/C40H60N2.2C22H41.Ni/c1-7-13-19-31-25-32(20-14-8-2)28-35(27-31)39-37(23-17-11-5)38(24-18-12-6)40(42(39)41)36-29-33(21-15-9-3)26-34(30-36)22-16-10-4;2*1-3-5-7-9-11-13-15-17-19-21-22-20-18-16-14-12-10-8-6-4-2;/h25-30H,7-24H2,1-6H3;2*3,5-22H2,1H3;/q;2*-1;+2. The van der Waals surface area contributed by atoms with Crippen molar-refractivity contribution < 1.29 is 21.2 Å². The van der Waals surface area contributed by atoms with Crippen molar-refractivity contribution in [3.05, 3.63) is 99.3 Å². The fourth-order valence-corrected chi connectivity index (χ4v) is 12.6. The smallest absolute Gasteiger partial charge is 0.694 e. The molecule has 0 N–H and O–H groups in total. The molecule has 2 aromatic rings. The third-order valence-corrected chi connectivity index (χ3v) is 18.2. The summed E-state index contributed by atoms with van der Waals surface area (Å²) in [5, 5.41) is 0. The molecule has 1 aliphatic heterocycles. The summed E-state index contributed by atoms with van der Waals surface area (Å²) in [7, 11) is 0. The first-order valence-electron chi connectivity index (χ1n) is 38.3. The minimum atomic E-state index is 0. The van der Waals surface area contributed by atoms with Crippen LogP contribution in [-0.4, -0.2) is 4.70 Å². The second-order valence-electron chi connectivity index (χ2n) is 26.5. The molecule has 0 saturated heterocycles. The number of hydrogen-bond acceptors (Lipinski definition) is 0. The van der Waals surface area contributed by atoms with E-state index in [4.69, 9.17) is 12.8 Å². The van der Waals surface area contributed by atoms with Crippen LogP contribution in [0.3, 0.4) is 0 Å². The molecule has 0 spiro atoms. The third kappa shape index (κ3) is 44.3. The molecule has 0 radical (unpaired) electrons. The van der Waals surface area contributed by atoms with E-state index in [0.29, 0.717) is 0 Å². The largest absolute Gasteiger partial charge is 2.00 e. The fraction of sp³-hybridized carbons (Fsp3) is 0.762. The Morgan fingerprint density at radius 2 is 0.448 bits per heavy atom. The second-order valence-corrected chi connectivity index (χ2v) is 26.5. The molecule has 1 aliphatic rings. The molecule has 0 saturated carbocycles. The van der Waals surface area contributed by atoms with Gasteiger partial charge in [-0.05, 0) is 149 Å². The van der Waals surface area contributed by atoms with Crippen LogP contribution < -0.4 is 0 Å². The van der Waals surface area contributed by atoms with Gasteiger partial charge in [-0.1, -0.05) is 324 Å². The molecule has 0 amide bonds. The molecule has 2 nitrogen and oxygen atoms in total. The summed E-state index contributed by atoms with van der Waals surface area (Å²) in [5.74, 6) is 4.94. The van der Waals surface area contributed by atoms with E-state index >= 15 is 0 Å². The summed E-state index contributed by atoms with van der Waals surface area (Å²) in [5.41, 5.74) is 25.2. The molecule has 2 aromatic carbocycles. The topological polar surface area (TPSA) is 25.3 Å². The Morgan fingerprint density at radius 1 is 0.264 bits per heavy atom. The van der Waals surface area contributed by atoms with Gasteiger partial charge >= 0.3 is 16.5 Å². The fourth-order valence-electron chi connectivity index (χ4n) is 12.6. The van der Waals surface area contributed by atoms with Gasteiger partial charge in [-0.15, -0.1) is 0 Å². The van der Waals surface area contributed by atoms with Crippen LogP contribution in [0.1, 0.15) is 423 Å². The first-order valence-corrected chi connectivity index (χ1v) is 38.3. The number of rotatable bonds is 56. The number of hydrogen-bond donors (Lipinski definition) is 0. The third-order valence-electron chi connectivity index (χ3n) is 18.2. The molecular formula is C84H142N2Ni. The van der Waals surface area contributed by atoms with Crippen LogP contribution in [0.5, 0.6) is 0 Å². The maximum absolute atomic E-state index is 12.3. The van der Waals surface area contributed by atoms with Crippen molar-refractivity contribution in [1.29, 1.82) is 0 Å². The first kappa shape index (κ1) is 84.1. The van der Waals surface area contributed by atoms with Crippen LogP contribution in [0.15, 0.2) is 47.5 Å². The summed E-state index contributed by atoms with van der Waals surface area (Å²) < 4.78 is 1.63. The van der Waals surface area contributed by atoms with Gasteiger partial charge in [0.05, 0.1) is 0 Å².